The zero-order valence-electron chi connectivity index (χ0n) is 10.9. The molecule has 1 aliphatic heterocycles. The van der Waals surface area contributed by atoms with E-state index in [2.05, 4.69) is 5.16 Å². The first kappa shape index (κ1) is 14.5. The van der Waals surface area contributed by atoms with Crippen molar-refractivity contribution < 1.29 is 19.1 Å². The highest BCUT2D eigenvalue weighted by atomic mass is 19.1. The number of amidine groups is 1. The fourth-order valence-electron chi connectivity index (χ4n) is 2.53. The molecule has 110 valence electrons. The van der Waals surface area contributed by atoms with Gasteiger partial charge in [-0.05, 0) is 30.9 Å². The molecular weight excluding hydrogens is 268 g/mol. The van der Waals surface area contributed by atoms with Crippen molar-refractivity contribution in [1.82, 2.24) is 0 Å². The summed E-state index contributed by atoms with van der Waals surface area (Å²) in [5.74, 6) is -1.58. The molecule has 0 aliphatic carbocycles. The highest BCUT2D eigenvalue weighted by Crippen LogP contribution is 2.30. The average Bonchev–Trinajstić information content (AvgIpc) is 2.85. The zero-order chi connectivity index (χ0) is 14.7. The van der Waals surface area contributed by atoms with Crippen LogP contribution in [0.3, 0.4) is 0 Å². The Kier molecular flexibility index (Phi) is 4.39. The molecule has 1 aromatic carbocycles. The largest absolute Gasteiger partial charge is 0.409 e. The standard InChI is InChI=1S/C13H17F2N3O2/c14-10-5-9(13(16)17-20)6-11(15)12(10)18-3-1-8(7-18)2-4-19/h5-6,8,19-20H,1-4,7H2,(H2,16,17). The highest BCUT2D eigenvalue weighted by molar-refractivity contribution is 5.97. The van der Waals surface area contributed by atoms with Crippen LogP contribution >= 0.6 is 0 Å². The maximum Gasteiger partial charge on any atom is 0.170 e. The molecule has 20 heavy (non-hydrogen) atoms. The van der Waals surface area contributed by atoms with E-state index in [-0.39, 0.29) is 29.6 Å². The van der Waals surface area contributed by atoms with E-state index in [1.54, 1.807) is 4.90 Å². The van der Waals surface area contributed by atoms with Crippen molar-refractivity contribution in [3.8, 4) is 0 Å². The van der Waals surface area contributed by atoms with E-state index in [0.29, 0.717) is 19.5 Å². The molecule has 2 rings (SSSR count). The van der Waals surface area contributed by atoms with Gasteiger partial charge in [-0.2, -0.15) is 0 Å². The van der Waals surface area contributed by atoms with E-state index < -0.39 is 11.6 Å². The molecule has 7 heteroatoms. The van der Waals surface area contributed by atoms with Gasteiger partial charge in [0.2, 0.25) is 0 Å². The molecule has 1 saturated heterocycles. The SMILES string of the molecule is N/C(=N/O)c1cc(F)c(N2CCC(CCO)C2)c(F)c1. The van der Waals surface area contributed by atoms with Gasteiger partial charge in [-0.1, -0.05) is 5.16 Å². The van der Waals surface area contributed by atoms with Gasteiger partial charge in [0.15, 0.2) is 5.84 Å². The summed E-state index contributed by atoms with van der Waals surface area (Å²) in [6.45, 7) is 1.13. The van der Waals surface area contributed by atoms with E-state index in [1.807, 2.05) is 0 Å². The first-order chi connectivity index (χ1) is 9.56. The predicted molar refractivity (Wildman–Crippen MR) is 70.9 cm³/mol. The summed E-state index contributed by atoms with van der Waals surface area (Å²) in [5, 5.41) is 20.2. The predicted octanol–water partition coefficient (Wildman–Crippen LogP) is 1.27. The van der Waals surface area contributed by atoms with Crippen molar-refractivity contribution in [1.29, 1.82) is 0 Å². The van der Waals surface area contributed by atoms with Crippen LogP contribution < -0.4 is 10.6 Å². The first-order valence-corrected chi connectivity index (χ1v) is 6.39. The Labute approximate surface area is 115 Å². The number of anilines is 1. The van der Waals surface area contributed by atoms with Gasteiger partial charge in [-0.3, -0.25) is 0 Å². The van der Waals surface area contributed by atoms with Crippen LogP contribution in [-0.4, -0.2) is 35.8 Å². The molecule has 0 saturated carbocycles. The molecule has 5 nitrogen and oxygen atoms in total. The summed E-state index contributed by atoms with van der Waals surface area (Å²) in [7, 11) is 0. The van der Waals surface area contributed by atoms with Gasteiger partial charge >= 0.3 is 0 Å². The van der Waals surface area contributed by atoms with Gasteiger partial charge in [0.1, 0.15) is 17.3 Å². The maximum absolute atomic E-state index is 14.0. The van der Waals surface area contributed by atoms with Crippen LogP contribution in [0.2, 0.25) is 0 Å². The Morgan fingerprint density at radius 2 is 2.05 bits per heavy atom. The van der Waals surface area contributed by atoms with E-state index in [0.717, 1.165) is 18.6 Å². The van der Waals surface area contributed by atoms with Crippen molar-refractivity contribution in [3.05, 3.63) is 29.3 Å². The number of aliphatic hydroxyl groups excluding tert-OH is 1. The molecule has 0 radical (unpaired) electrons. The lowest BCUT2D eigenvalue weighted by Gasteiger charge is -2.20. The van der Waals surface area contributed by atoms with Crippen LogP contribution in [0, 0.1) is 17.6 Å². The lowest BCUT2D eigenvalue weighted by molar-refractivity contribution is 0.263. The molecule has 1 fully saturated rings. The first-order valence-electron chi connectivity index (χ1n) is 6.39. The normalized spacial score (nSPS) is 19.6. The third kappa shape index (κ3) is 2.82. The Morgan fingerprint density at radius 3 is 2.60 bits per heavy atom. The Morgan fingerprint density at radius 1 is 1.40 bits per heavy atom. The maximum atomic E-state index is 14.0. The van der Waals surface area contributed by atoms with Crippen LogP contribution in [0.1, 0.15) is 18.4 Å². The molecule has 0 aromatic heterocycles. The van der Waals surface area contributed by atoms with Crippen LogP contribution in [0.5, 0.6) is 0 Å². The molecule has 1 unspecified atom stereocenters. The van der Waals surface area contributed by atoms with E-state index in [1.165, 1.54) is 0 Å². The van der Waals surface area contributed by atoms with E-state index in [9.17, 15) is 8.78 Å². The number of hydrogen-bond acceptors (Lipinski definition) is 4. The topological polar surface area (TPSA) is 82.1 Å². The number of hydrogen-bond donors (Lipinski definition) is 3. The minimum atomic E-state index is -0.740. The third-order valence-electron chi connectivity index (χ3n) is 3.56. The molecule has 1 aliphatic rings. The fraction of sp³-hybridized carbons (Fsp3) is 0.462. The number of halogens is 2. The second-order valence-electron chi connectivity index (χ2n) is 4.89. The van der Waals surface area contributed by atoms with E-state index >= 15 is 0 Å². The lowest BCUT2D eigenvalue weighted by atomic mass is 10.1. The fourth-order valence-corrected chi connectivity index (χ4v) is 2.53. The quantitative estimate of drug-likeness (QED) is 0.337. The summed E-state index contributed by atoms with van der Waals surface area (Å²) < 4.78 is 28.1. The molecule has 0 spiro atoms. The van der Waals surface area contributed by atoms with Crippen molar-refractivity contribution >= 4 is 11.5 Å². The molecule has 0 bridgehead atoms. The number of rotatable bonds is 4. The van der Waals surface area contributed by atoms with Gasteiger partial charge in [-0.15, -0.1) is 0 Å². The molecule has 1 aromatic rings. The molecule has 4 N–H and O–H groups in total. The Hall–Kier alpha value is -1.89. The second kappa shape index (κ2) is 6.04. The number of oxime groups is 1. The van der Waals surface area contributed by atoms with Crippen molar-refractivity contribution in [2.45, 2.75) is 12.8 Å². The Bertz CT molecular complexity index is 499. The highest BCUT2D eigenvalue weighted by Gasteiger charge is 2.27. The van der Waals surface area contributed by atoms with E-state index in [4.69, 9.17) is 16.0 Å². The number of nitrogens with zero attached hydrogens (tertiary/aromatic N) is 2. The lowest BCUT2D eigenvalue weighted by Crippen LogP contribution is -2.23. The number of aliphatic hydroxyl groups is 1. The second-order valence-corrected chi connectivity index (χ2v) is 4.89. The van der Waals surface area contributed by atoms with Gasteiger partial charge in [0.25, 0.3) is 0 Å². The Balaban J connectivity index is 2.25. The number of benzene rings is 1. The molecule has 0 amide bonds. The van der Waals surface area contributed by atoms with Crippen molar-refractivity contribution in [3.63, 3.8) is 0 Å². The monoisotopic (exact) mass is 285 g/mol. The summed E-state index contributed by atoms with van der Waals surface area (Å²) in [6.07, 6.45) is 1.42. The summed E-state index contributed by atoms with van der Waals surface area (Å²) in [5.41, 5.74) is 5.22. The summed E-state index contributed by atoms with van der Waals surface area (Å²) >= 11 is 0. The smallest absolute Gasteiger partial charge is 0.170 e. The van der Waals surface area contributed by atoms with Gasteiger partial charge in [0.05, 0.1) is 0 Å². The van der Waals surface area contributed by atoms with Crippen molar-refractivity contribution in [2.75, 3.05) is 24.6 Å². The minimum absolute atomic E-state index is 0.00245. The van der Waals surface area contributed by atoms with Gasteiger partial charge in [-0.25, -0.2) is 8.78 Å². The molecule has 1 heterocycles. The van der Waals surface area contributed by atoms with Gasteiger partial charge in [0, 0.05) is 25.3 Å². The zero-order valence-corrected chi connectivity index (χ0v) is 10.9. The van der Waals surface area contributed by atoms with Gasteiger partial charge < -0.3 is 20.9 Å². The third-order valence-corrected chi connectivity index (χ3v) is 3.56. The van der Waals surface area contributed by atoms with Crippen LogP contribution in [-0.2, 0) is 0 Å². The van der Waals surface area contributed by atoms with Crippen LogP contribution in [0.15, 0.2) is 17.3 Å². The molecular formula is C13H17F2N3O2. The van der Waals surface area contributed by atoms with Crippen LogP contribution in [0.25, 0.3) is 0 Å². The minimum Gasteiger partial charge on any atom is -0.409 e. The molecule has 1 atom stereocenters. The summed E-state index contributed by atoms with van der Waals surface area (Å²) in [4.78, 5) is 1.63. The number of nitrogens with two attached hydrogens (primary N) is 1. The van der Waals surface area contributed by atoms with Crippen LogP contribution in [0.4, 0.5) is 14.5 Å². The van der Waals surface area contributed by atoms with Crippen molar-refractivity contribution in [2.24, 2.45) is 16.8 Å². The average molecular weight is 285 g/mol. The summed E-state index contributed by atoms with van der Waals surface area (Å²) in [6, 6.07) is 2.10.